The van der Waals surface area contributed by atoms with Gasteiger partial charge in [-0.25, -0.2) is 0 Å². The lowest BCUT2D eigenvalue weighted by atomic mass is 9.96. The van der Waals surface area contributed by atoms with E-state index in [-0.39, 0.29) is 5.91 Å². The van der Waals surface area contributed by atoms with E-state index in [0.29, 0.717) is 18.3 Å². The van der Waals surface area contributed by atoms with Gasteiger partial charge >= 0.3 is 0 Å². The van der Waals surface area contributed by atoms with Gasteiger partial charge in [-0.1, -0.05) is 32.0 Å². The van der Waals surface area contributed by atoms with E-state index >= 15 is 0 Å². The molecule has 0 bridgehead atoms. The third-order valence-corrected chi connectivity index (χ3v) is 3.67. The van der Waals surface area contributed by atoms with E-state index in [1.807, 2.05) is 18.2 Å². The molecule has 19 heavy (non-hydrogen) atoms. The molecule has 104 valence electrons. The molecule has 1 heterocycles. The molecule has 0 radical (unpaired) electrons. The van der Waals surface area contributed by atoms with Gasteiger partial charge in [0, 0.05) is 25.3 Å². The summed E-state index contributed by atoms with van der Waals surface area (Å²) < 4.78 is 5.32. The normalized spacial score (nSPS) is 16.6. The maximum atomic E-state index is 12.1. The first kappa shape index (κ1) is 14.1. The average molecular weight is 261 g/mol. The summed E-state index contributed by atoms with van der Waals surface area (Å²) in [6.07, 6.45) is 2.61. The summed E-state index contributed by atoms with van der Waals surface area (Å²) in [6, 6.07) is 8.05. The minimum absolute atomic E-state index is 0.125. The molecule has 1 aliphatic rings. The van der Waals surface area contributed by atoms with E-state index in [2.05, 4.69) is 25.2 Å². The van der Waals surface area contributed by atoms with Crippen LogP contribution >= 0.6 is 0 Å². The number of anilines is 1. The van der Waals surface area contributed by atoms with E-state index in [1.165, 1.54) is 5.56 Å². The SMILES string of the molecule is CC(C)c1ccccc1NC(=O)CC1CCOCC1. The Morgan fingerprint density at radius 3 is 2.68 bits per heavy atom. The van der Waals surface area contributed by atoms with Crippen molar-refractivity contribution in [3.05, 3.63) is 29.8 Å². The summed E-state index contributed by atoms with van der Waals surface area (Å²) in [7, 11) is 0. The fraction of sp³-hybridized carbons (Fsp3) is 0.562. The van der Waals surface area contributed by atoms with Crippen LogP contribution < -0.4 is 5.32 Å². The number of nitrogens with one attached hydrogen (secondary N) is 1. The highest BCUT2D eigenvalue weighted by atomic mass is 16.5. The summed E-state index contributed by atoms with van der Waals surface area (Å²) >= 11 is 0. The molecule has 2 rings (SSSR count). The molecule has 1 fully saturated rings. The minimum Gasteiger partial charge on any atom is -0.381 e. The molecule has 0 spiro atoms. The Morgan fingerprint density at radius 2 is 2.00 bits per heavy atom. The Labute approximate surface area is 115 Å². The largest absolute Gasteiger partial charge is 0.381 e. The summed E-state index contributed by atoms with van der Waals surface area (Å²) in [5.74, 6) is 1.01. The number of carbonyl (C=O) groups excluding carboxylic acids is 1. The Balaban J connectivity index is 1.94. The second-order valence-electron chi connectivity index (χ2n) is 5.55. The van der Waals surface area contributed by atoms with Crippen molar-refractivity contribution in [3.63, 3.8) is 0 Å². The molecule has 0 atom stereocenters. The number of para-hydroxylation sites is 1. The number of carbonyl (C=O) groups is 1. The van der Waals surface area contributed by atoms with Crippen LogP contribution in [0.2, 0.25) is 0 Å². The standard InChI is InChI=1S/C16H23NO2/c1-12(2)14-5-3-4-6-15(14)17-16(18)11-13-7-9-19-10-8-13/h3-6,12-13H,7-11H2,1-2H3,(H,17,18). The van der Waals surface area contributed by atoms with Crippen LogP contribution in [0.1, 0.15) is 44.6 Å². The first-order valence-corrected chi connectivity index (χ1v) is 7.13. The predicted molar refractivity (Wildman–Crippen MR) is 77.3 cm³/mol. The van der Waals surface area contributed by atoms with Gasteiger partial charge < -0.3 is 10.1 Å². The first-order chi connectivity index (χ1) is 9.16. The van der Waals surface area contributed by atoms with Gasteiger partial charge in [-0.3, -0.25) is 4.79 Å². The van der Waals surface area contributed by atoms with E-state index < -0.39 is 0 Å². The van der Waals surface area contributed by atoms with E-state index in [4.69, 9.17) is 4.74 Å². The summed E-state index contributed by atoms with van der Waals surface area (Å²) in [5.41, 5.74) is 2.15. The molecule has 1 aromatic rings. The molecule has 1 saturated heterocycles. The molecule has 1 amide bonds. The fourth-order valence-electron chi connectivity index (χ4n) is 2.53. The number of hydrogen-bond acceptors (Lipinski definition) is 2. The van der Waals surface area contributed by atoms with E-state index in [0.717, 1.165) is 31.7 Å². The lowest BCUT2D eigenvalue weighted by molar-refractivity contribution is -0.117. The Bertz CT molecular complexity index is 423. The number of benzene rings is 1. The molecule has 3 heteroatoms. The zero-order chi connectivity index (χ0) is 13.7. The quantitative estimate of drug-likeness (QED) is 0.900. The number of hydrogen-bond donors (Lipinski definition) is 1. The highest BCUT2D eigenvalue weighted by molar-refractivity contribution is 5.91. The zero-order valence-corrected chi connectivity index (χ0v) is 11.8. The van der Waals surface area contributed by atoms with Crippen LogP contribution in [0.25, 0.3) is 0 Å². The lowest BCUT2D eigenvalue weighted by Gasteiger charge is -2.22. The molecule has 0 saturated carbocycles. The van der Waals surface area contributed by atoms with Crippen molar-refractivity contribution < 1.29 is 9.53 Å². The van der Waals surface area contributed by atoms with E-state index in [1.54, 1.807) is 0 Å². The second-order valence-corrected chi connectivity index (χ2v) is 5.55. The van der Waals surface area contributed by atoms with Crippen LogP contribution in [0.15, 0.2) is 24.3 Å². The third kappa shape index (κ3) is 4.06. The van der Waals surface area contributed by atoms with Crippen molar-refractivity contribution in [2.45, 2.75) is 39.0 Å². The van der Waals surface area contributed by atoms with Gasteiger partial charge in [0.05, 0.1) is 0 Å². The van der Waals surface area contributed by atoms with Crippen molar-refractivity contribution in [1.29, 1.82) is 0 Å². The van der Waals surface area contributed by atoms with Crippen LogP contribution in [-0.4, -0.2) is 19.1 Å². The molecule has 0 aliphatic carbocycles. The molecule has 0 unspecified atom stereocenters. The van der Waals surface area contributed by atoms with Gasteiger partial charge in [-0.2, -0.15) is 0 Å². The zero-order valence-electron chi connectivity index (χ0n) is 11.8. The molecular formula is C16H23NO2. The number of ether oxygens (including phenoxy) is 1. The van der Waals surface area contributed by atoms with Gasteiger partial charge in [0.15, 0.2) is 0 Å². The smallest absolute Gasteiger partial charge is 0.224 e. The molecule has 0 aromatic heterocycles. The van der Waals surface area contributed by atoms with Crippen LogP contribution in [0.3, 0.4) is 0 Å². The monoisotopic (exact) mass is 261 g/mol. The molecule has 1 N–H and O–H groups in total. The van der Waals surface area contributed by atoms with Crippen molar-refractivity contribution in [3.8, 4) is 0 Å². The highest BCUT2D eigenvalue weighted by Gasteiger charge is 2.18. The predicted octanol–water partition coefficient (Wildman–Crippen LogP) is 3.57. The average Bonchev–Trinajstić information content (AvgIpc) is 2.40. The van der Waals surface area contributed by atoms with Crippen molar-refractivity contribution in [2.75, 3.05) is 18.5 Å². The van der Waals surface area contributed by atoms with Gasteiger partial charge in [0.2, 0.25) is 5.91 Å². The van der Waals surface area contributed by atoms with Crippen molar-refractivity contribution in [2.24, 2.45) is 5.92 Å². The van der Waals surface area contributed by atoms with Crippen LogP contribution in [0.5, 0.6) is 0 Å². The molecule has 1 aliphatic heterocycles. The Morgan fingerprint density at radius 1 is 1.32 bits per heavy atom. The second kappa shape index (κ2) is 6.71. The highest BCUT2D eigenvalue weighted by Crippen LogP contribution is 2.25. The lowest BCUT2D eigenvalue weighted by Crippen LogP contribution is -2.22. The number of rotatable bonds is 4. The van der Waals surface area contributed by atoms with Crippen LogP contribution in [0, 0.1) is 5.92 Å². The van der Waals surface area contributed by atoms with Crippen LogP contribution in [0.4, 0.5) is 5.69 Å². The van der Waals surface area contributed by atoms with Crippen molar-refractivity contribution >= 4 is 11.6 Å². The maximum Gasteiger partial charge on any atom is 0.224 e. The van der Waals surface area contributed by atoms with Gasteiger partial charge in [0.25, 0.3) is 0 Å². The summed E-state index contributed by atoms with van der Waals surface area (Å²) in [6.45, 7) is 5.87. The third-order valence-electron chi connectivity index (χ3n) is 3.67. The first-order valence-electron chi connectivity index (χ1n) is 7.13. The van der Waals surface area contributed by atoms with Crippen molar-refractivity contribution in [1.82, 2.24) is 0 Å². The molecule has 3 nitrogen and oxygen atoms in total. The Kier molecular flexibility index (Phi) is 4.97. The van der Waals surface area contributed by atoms with E-state index in [9.17, 15) is 4.79 Å². The molecule has 1 aromatic carbocycles. The maximum absolute atomic E-state index is 12.1. The van der Waals surface area contributed by atoms with Gasteiger partial charge in [0.1, 0.15) is 0 Å². The number of amides is 1. The topological polar surface area (TPSA) is 38.3 Å². The molecular weight excluding hydrogens is 238 g/mol. The Hall–Kier alpha value is -1.35. The van der Waals surface area contributed by atoms with Crippen LogP contribution in [-0.2, 0) is 9.53 Å². The summed E-state index contributed by atoms with van der Waals surface area (Å²) in [5, 5.41) is 3.06. The fourth-order valence-corrected chi connectivity index (χ4v) is 2.53. The minimum atomic E-state index is 0.125. The van der Waals surface area contributed by atoms with Gasteiger partial charge in [-0.15, -0.1) is 0 Å². The van der Waals surface area contributed by atoms with Gasteiger partial charge in [-0.05, 0) is 36.3 Å². The summed E-state index contributed by atoms with van der Waals surface area (Å²) in [4.78, 5) is 12.1.